The average molecular weight is 271 g/mol. The van der Waals surface area contributed by atoms with Crippen LogP contribution in [0.2, 0.25) is 0 Å². The predicted octanol–water partition coefficient (Wildman–Crippen LogP) is 2.57. The quantitative estimate of drug-likeness (QED) is 0.636. The molecule has 0 aliphatic heterocycles. The minimum Gasteiger partial charge on any atom is -0.389 e. The Kier molecular flexibility index (Phi) is 4.03. The molecule has 1 heterocycles. The molecule has 4 heteroatoms. The van der Waals surface area contributed by atoms with Gasteiger partial charge in [0.25, 0.3) is 0 Å². The lowest BCUT2D eigenvalue weighted by Crippen LogP contribution is -2.16. The van der Waals surface area contributed by atoms with Crippen molar-refractivity contribution in [2.24, 2.45) is 7.05 Å². The van der Waals surface area contributed by atoms with E-state index in [0.717, 1.165) is 16.8 Å². The maximum absolute atomic E-state index is 12.0. The van der Waals surface area contributed by atoms with Crippen molar-refractivity contribution in [3.63, 3.8) is 0 Å². The van der Waals surface area contributed by atoms with Crippen LogP contribution < -0.4 is 0 Å². The number of benzene rings is 1. The zero-order valence-electron chi connectivity index (χ0n) is 11.8. The summed E-state index contributed by atoms with van der Waals surface area (Å²) in [6.45, 7) is 3.77. The van der Waals surface area contributed by atoms with Crippen molar-refractivity contribution in [2.75, 3.05) is 0 Å². The molecule has 104 valence electrons. The Morgan fingerprint density at radius 3 is 2.55 bits per heavy atom. The van der Waals surface area contributed by atoms with E-state index in [2.05, 4.69) is 0 Å². The summed E-state index contributed by atoms with van der Waals surface area (Å²) in [7, 11) is 1.84. The van der Waals surface area contributed by atoms with Crippen LogP contribution >= 0.6 is 0 Å². The van der Waals surface area contributed by atoms with Crippen LogP contribution in [-0.4, -0.2) is 16.5 Å². The van der Waals surface area contributed by atoms with Crippen LogP contribution in [0.25, 0.3) is 0 Å². The number of nitrogens with zero attached hydrogens (tertiary/aromatic N) is 1. The number of ether oxygens (including phenoxy) is 1. The van der Waals surface area contributed by atoms with Crippen LogP contribution in [0.3, 0.4) is 0 Å². The monoisotopic (exact) mass is 271 g/mol. The largest absolute Gasteiger partial charge is 0.389 e. The SMILES string of the molecule is Cc1ccc(C(=O)OC(=O)Cc2cccn2C)c(C)c1. The maximum Gasteiger partial charge on any atom is 0.346 e. The number of carbonyl (C=O) groups excluding carboxylic acids is 2. The van der Waals surface area contributed by atoms with Gasteiger partial charge in [-0.15, -0.1) is 0 Å². The van der Waals surface area contributed by atoms with Gasteiger partial charge in [-0.3, -0.25) is 4.79 Å². The molecule has 0 saturated heterocycles. The third kappa shape index (κ3) is 3.15. The molecular weight excluding hydrogens is 254 g/mol. The number of rotatable bonds is 3. The van der Waals surface area contributed by atoms with Crippen molar-refractivity contribution in [2.45, 2.75) is 20.3 Å². The van der Waals surface area contributed by atoms with Gasteiger partial charge >= 0.3 is 11.9 Å². The second-order valence-corrected chi connectivity index (χ2v) is 4.87. The molecule has 0 fully saturated rings. The average Bonchev–Trinajstić information content (AvgIpc) is 2.74. The van der Waals surface area contributed by atoms with Gasteiger partial charge in [0.15, 0.2) is 0 Å². The number of carbonyl (C=O) groups is 2. The maximum atomic E-state index is 12.0. The van der Waals surface area contributed by atoms with E-state index >= 15 is 0 Å². The molecule has 1 aromatic carbocycles. The summed E-state index contributed by atoms with van der Waals surface area (Å²) in [5.41, 5.74) is 3.11. The number of hydrogen-bond donors (Lipinski definition) is 0. The minimum atomic E-state index is -0.596. The van der Waals surface area contributed by atoms with Crippen molar-refractivity contribution in [1.29, 1.82) is 0 Å². The zero-order valence-corrected chi connectivity index (χ0v) is 11.8. The molecule has 0 spiro atoms. The minimum absolute atomic E-state index is 0.0835. The number of hydrogen-bond acceptors (Lipinski definition) is 3. The Balaban J connectivity index is 2.04. The van der Waals surface area contributed by atoms with Gasteiger partial charge in [0.2, 0.25) is 0 Å². The lowest BCUT2D eigenvalue weighted by Gasteiger charge is -2.07. The molecule has 2 aromatic rings. The molecule has 2 rings (SSSR count). The van der Waals surface area contributed by atoms with E-state index in [1.54, 1.807) is 6.07 Å². The molecule has 4 nitrogen and oxygen atoms in total. The smallest absolute Gasteiger partial charge is 0.346 e. The molecule has 0 aliphatic carbocycles. The van der Waals surface area contributed by atoms with Gasteiger partial charge in [-0.1, -0.05) is 17.7 Å². The van der Waals surface area contributed by atoms with Gasteiger partial charge in [-0.25, -0.2) is 4.79 Å². The molecule has 1 aromatic heterocycles. The summed E-state index contributed by atoms with van der Waals surface area (Å²) in [4.78, 5) is 23.7. The van der Waals surface area contributed by atoms with Crippen LogP contribution in [0.5, 0.6) is 0 Å². The van der Waals surface area contributed by atoms with Crippen LogP contribution in [0.1, 0.15) is 27.2 Å². The number of esters is 2. The number of aromatic nitrogens is 1. The summed E-state index contributed by atoms with van der Waals surface area (Å²) < 4.78 is 6.72. The first-order chi connectivity index (χ1) is 9.47. The van der Waals surface area contributed by atoms with Crippen LogP contribution in [-0.2, 0) is 23.0 Å². The van der Waals surface area contributed by atoms with E-state index in [1.165, 1.54) is 0 Å². The predicted molar refractivity (Wildman–Crippen MR) is 75.5 cm³/mol. The normalized spacial score (nSPS) is 10.3. The van der Waals surface area contributed by atoms with Gasteiger partial charge < -0.3 is 9.30 Å². The van der Waals surface area contributed by atoms with Gasteiger partial charge in [-0.05, 0) is 37.6 Å². The lowest BCUT2D eigenvalue weighted by atomic mass is 10.1. The van der Waals surface area contributed by atoms with E-state index in [-0.39, 0.29) is 6.42 Å². The highest BCUT2D eigenvalue weighted by Crippen LogP contribution is 2.12. The van der Waals surface area contributed by atoms with E-state index in [1.807, 2.05) is 55.9 Å². The van der Waals surface area contributed by atoms with Crippen LogP contribution in [0, 0.1) is 13.8 Å². The summed E-state index contributed by atoms with van der Waals surface area (Å²) in [5, 5.41) is 0. The highest BCUT2D eigenvalue weighted by molar-refractivity contribution is 5.98. The molecule has 0 atom stereocenters. The fraction of sp³-hybridized carbons (Fsp3) is 0.250. The van der Waals surface area contributed by atoms with Gasteiger partial charge in [-0.2, -0.15) is 0 Å². The Morgan fingerprint density at radius 1 is 1.20 bits per heavy atom. The van der Waals surface area contributed by atoms with Gasteiger partial charge in [0, 0.05) is 18.9 Å². The Labute approximate surface area is 118 Å². The first-order valence-electron chi connectivity index (χ1n) is 6.40. The molecule has 20 heavy (non-hydrogen) atoms. The number of aryl methyl sites for hydroxylation is 3. The van der Waals surface area contributed by atoms with Crippen LogP contribution in [0.15, 0.2) is 36.5 Å². The van der Waals surface area contributed by atoms with E-state index < -0.39 is 11.9 Å². The van der Waals surface area contributed by atoms with Crippen LogP contribution in [0.4, 0.5) is 0 Å². The molecule has 0 N–H and O–H groups in total. The van der Waals surface area contributed by atoms with E-state index in [9.17, 15) is 9.59 Å². The standard InChI is InChI=1S/C16H17NO3/c1-11-6-7-14(12(2)9-11)16(19)20-15(18)10-13-5-4-8-17(13)3/h4-9H,10H2,1-3H3. The highest BCUT2D eigenvalue weighted by Gasteiger charge is 2.16. The Hall–Kier alpha value is -2.36. The molecule has 0 unspecified atom stereocenters. The summed E-state index contributed by atoms with van der Waals surface area (Å²) in [6, 6.07) is 9.06. The van der Waals surface area contributed by atoms with E-state index in [0.29, 0.717) is 5.56 Å². The fourth-order valence-electron chi connectivity index (χ4n) is 2.07. The Bertz CT molecular complexity index is 655. The topological polar surface area (TPSA) is 48.3 Å². The highest BCUT2D eigenvalue weighted by atomic mass is 16.6. The molecule has 0 saturated carbocycles. The second-order valence-electron chi connectivity index (χ2n) is 4.87. The van der Waals surface area contributed by atoms with Crippen molar-refractivity contribution < 1.29 is 14.3 Å². The first kappa shape index (κ1) is 14.1. The lowest BCUT2D eigenvalue weighted by molar-refractivity contribution is -0.137. The summed E-state index contributed by atoms with van der Waals surface area (Å²) in [6.07, 6.45) is 1.93. The zero-order chi connectivity index (χ0) is 14.7. The molecule has 0 bridgehead atoms. The summed E-state index contributed by atoms with van der Waals surface area (Å²) in [5.74, 6) is -1.14. The Morgan fingerprint density at radius 2 is 1.95 bits per heavy atom. The third-order valence-electron chi connectivity index (χ3n) is 3.19. The molecule has 0 radical (unpaired) electrons. The third-order valence-corrected chi connectivity index (χ3v) is 3.19. The summed E-state index contributed by atoms with van der Waals surface area (Å²) >= 11 is 0. The first-order valence-corrected chi connectivity index (χ1v) is 6.40. The van der Waals surface area contributed by atoms with Crippen molar-refractivity contribution in [3.05, 3.63) is 58.9 Å². The second kappa shape index (κ2) is 5.74. The molecular formula is C16H17NO3. The molecule has 0 aliphatic rings. The van der Waals surface area contributed by atoms with E-state index in [4.69, 9.17) is 4.74 Å². The van der Waals surface area contributed by atoms with Crippen molar-refractivity contribution in [1.82, 2.24) is 4.57 Å². The fourth-order valence-corrected chi connectivity index (χ4v) is 2.07. The molecule has 0 amide bonds. The van der Waals surface area contributed by atoms with Gasteiger partial charge in [0.05, 0.1) is 12.0 Å². The van der Waals surface area contributed by atoms with Gasteiger partial charge in [0.1, 0.15) is 0 Å². The van der Waals surface area contributed by atoms with Crippen molar-refractivity contribution >= 4 is 11.9 Å². The van der Waals surface area contributed by atoms with Crippen molar-refractivity contribution in [3.8, 4) is 0 Å².